The highest BCUT2D eigenvalue weighted by Crippen LogP contribution is 1.56. The average Bonchev–Trinajstić information content (AvgIpc) is 1.46. The quantitative estimate of drug-likeness (QED) is 0.406. The van der Waals surface area contributed by atoms with Gasteiger partial charge in [-0.15, -0.1) is 0 Å². The SMILES string of the molecule is CCC.N#N. The van der Waals surface area contributed by atoms with Gasteiger partial charge in [0.1, 0.15) is 0 Å². The maximum Gasteiger partial charge on any atom is 0 e. The first-order chi connectivity index (χ1) is 2.41. The van der Waals surface area contributed by atoms with Crippen LogP contribution in [-0.2, 0) is 0 Å². The molecular weight excluding hydrogens is 64.0 g/mol. The minimum Gasteiger partial charge on any atom is -0.0656 e. The highest BCUT2D eigenvalue weighted by molar-refractivity contribution is 3.92. The Bertz CT molecular complexity index is 16.1. The van der Waals surface area contributed by atoms with E-state index in [1.807, 2.05) is 0 Å². The molecule has 0 unspecified atom stereocenters. The van der Waals surface area contributed by atoms with Gasteiger partial charge in [0.05, 0.1) is 0 Å². The van der Waals surface area contributed by atoms with Gasteiger partial charge >= 0.3 is 0 Å². The van der Waals surface area contributed by atoms with E-state index in [9.17, 15) is 0 Å². The van der Waals surface area contributed by atoms with Crippen molar-refractivity contribution in [1.29, 1.82) is 10.8 Å². The Balaban J connectivity index is 0. The van der Waals surface area contributed by atoms with Crippen LogP contribution in [0.1, 0.15) is 20.3 Å². The van der Waals surface area contributed by atoms with Gasteiger partial charge in [-0.3, -0.25) is 0 Å². The molecule has 5 heavy (non-hydrogen) atoms. The maximum atomic E-state index is 6.00. The van der Waals surface area contributed by atoms with Crippen LogP contribution >= 0.6 is 0 Å². The fourth-order valence-corrected chi connectivity index (χ4v) is 0. The minimum atomic E-state index is 1.25. The van der Waals surface area contributed by atoms with Crippen molar-refractivity contribution in [1.82, 2.24) is 0 Å². The molecule has 0 rings (SSSR count). The van der Waals surface area contributed by atoms with Crippen molar-refractivity contribution in [2.75, 3.05) is 0 Å². The van der Waals surface area contributed by atoms with Crippen LogP contribution < -0.4 is 0 Å². The van der Waals surface area contributed by atoms with E-state index in [4.69, 9.17) is 10.8 Å². The molecule has 0 spiro atoms. The predicted octanol–water partition coefficient (Wildman–Crippen LogP) is 1.45. The van der Waals surface area contributed by atoms with E-state index >= 15 is 0 Å². The summed E-state index contributed by atoms with van der Waals surface area (Å²) in [6, 6.07) is 0. The van der Waals surface area contributed by atoms with Gasteiger partial charge in [0.2, 0.25) is 0 Å². The largest absolute Gasteiger partial charge is 0.0656 e. The Morgan fingerprint density at radius 1 is 1.20 bits per heavy atom. The molecule has 0 aliphatic heterocycles. The van der Waals surface area contributed by atoms with E-state index in [-0.39, 0.29) is 0 Å². The highest BCUT2D eigenvalue weighted by Gasteiger charge is 1.35. The van der Waals surface area contributed by atoms with Gasteiger partial charge in [-0.25, -0.2) is 0 Å². The zero-order valence-electron chi connectivity index (χ0n) is 3.60. The van der Waals surface area contributed by atoms with Crippen molar-refractivity contribution in [3.8, 4) is 0 Å². The molecule has 0 heterocycles. The Labute approximate surface area is 32.2 Å². The van der Waals surface area contributed by atoms with E-state index in [0.717, 1.165) is 0 Å². The summed E-state index contributed by atoms with van der Waals surface area (Å²) in [5, 5.41) is 12.0. The summed E-state index contributed by atoms with van der Waals surface area (Å²) in [6.45, 7) is 4.25. The molecule has 0 saturated carbocycles. The van der Waals surface area contributed by atoms with Crippen molar-refractivity contribution in [3.63, 3.8) is 0 Å². The maximum absolute atomic E-state index is 6.00. The highest BCUT2D eigenvalue weighted by atomic mass is 14.6. The molecule has 30 valence electrons. The first-order valence-electron chi connectivity index (χ1n) is 1.61. The minimum absolute atomic E-state index is 1.25. The Hall–Kier alpha value is -0.580. The van der Waals surface area contributed by atoms with Crippen molar-refractivity contribution in [2.24, 2.45) is 0 Å². The lowest BCUT2D eigenvalue weighted by Crippen LogP contribution is -1.27. The van der Waals surface area contributed by atoms with Crippen LogP contribution in [0.25, 0.3) is 0 Å². The van der Waals surface area contributed by atoms with Crippen molar-refractivity contribution >= 4 is 0 Å². The molecule has 0 bridgehead atoms. The summed E-state index contributed by atoms with van der Waals surface area (Å²) >= 11 is 0. The molecule has 0 aromatic carbocycles. The van der Waals surface area contributed by atoms with E-state index in [1.165, 1.54) is 6.42 Å². The molecule has 0 atom stereocenters. The average molecular weight is 72.1 g/mol. The lowest BCUT2D eigenvalue weighted by Gasteiger charge is -1.48. The molecule has 0 amide bonds. The first-order valence-corrected chi connectivity index (χ1v) is 1.61. The third kappa shape index (κ3) is 20.5. The van der Waals surface area contributed by atoms with Crippen LogP contribution in [0, 0.1) is 10.8 Å². The van der Waals surface area contributed by atoms with Crippen LogP contribution in [-0.4, -0.2) is 0 Å². The second kappa shape index (κ2) is 114. The van der Waals surface area contributed by atoms with Crippen molar-refractivity contribution < 1.29 is 0 Å². The number of rotatable bonds is 0. The van der Waals surface area contributed by atoms with E-state index in [1.54, 1.807) is 0 Å². The third-order valence-electron chi connectivity index (χ3n) is 0. The summed E-state index contributed by atoms with van der Waals surface area (Å²) in [6.07, 6.45) is 1.25. The van der Waals surface area contributed by atoms with Gasteiger partial charge in [0.15, 0.2) is 0 Å². The van der Waals surface area contributed by atoms with Gasteiger partial charge in [-0.05, 0) is 0 Å². The zero-order chi connectivity index (χ0) is 4.71. The van der Waals surface area contributed by atoms with E-state index in [0.29, 0.717) is 0 Å². The number of hydrogen-bond donors (Lipinski definition) is 0. The molecule has 0 saturated heterocycles. The summed E-state index contributed by atoms with van der Waals surface area (Å²) in [5.74, 6) is 0. The summed E-state index contributed by atoms with van der Waals surface area (Å²) in [5.41, 5.74) is 0. The van der Waals surface area contributed by atoms with Crippen molar-refractivity contribution in [3.05, 3.63) is 0 Å². The monoisotopic (exact) mass is 72.1 g/mol. The molecule has 0 aromatic heterocycles. The lowest BCUT2D eigenvalue weighted by atomic mass is 10.6. The lowest BCUT2D eigenvalue weighted by molar-refractivity contribution is 1.09. The van der Waals surface area contributed by atoms with Crippen molar-refractivity contribution in [2.45, 2.75) is 20.3 Å². The molecular formula is C3H8N2. The molecule has 2 nitrogen and oxygen atoms in total. The summed E-state index contributed by atoms with van der Waals surface area (Å²) in [4.78, 5) is 0. The van der Waals surface area contributed by atoms with Gasteiger partial charge in [0.25, 0.3) is 0 Å². The molecule has 0 fully saturated rings. The third-order valence-corrected chi connectivity index (χ3v) is 0. The van der Waals surface area contributed by atoms with Gasteiger partial charge in [0, 0.05) is 10.8 Å². The van der Waals surface area contributed by atoms with E-state index < -0.39 is 0 Å². The topological polar surface area (TPSA) is 47.6 Å². The standard InChI is InChI=1S/C3H8.N2/c1-3-2;1-2/h3H2,1-2H3;. The summed E-state index contributed by atoms with van der Waals surface area (Å²) in [7, 11) is 0. The Morgan fingerprint density at radius 3 is 1.20 bits per heavy atom. The predicted molar refractivity (Wildman–Crippen MR) is 19.4 cm³/mol. The van der Waals surface area contributed by atoms with Gasteiger partial charge in [-0.2, -0.15) is 0 Å². The fourth-order valence-electron chi connectivity index (χ4n) is 0. The molecule has 0 N–H and O–H groups in total. The van der Waals surface area contributed by atoms with Crippen LogP contribution in [0.3, 0.4) is 0 Å². The first kappa shape index (κ1) is 8.83. The Kier molecular flexibility index (Phi) is 200. The molecule has 2 heteroatoms. The molecule has 0 radical (unpaired) electrons. The second-order valence-electron chi connectivity index (χ2n) is 0.707. The van der Waals surface area contributed by atoms with Crippen LogP contribution in [0.4, 0.5) is 0 Å². The second-order valence-corrected chi connectivity index (χ2v) is 0.707. The number of nitrogens with zero attached hydrogens (tertiary/aromatic N) is 2. The summed E-state index contributed by atoms with van der Waals surface area (Å²) < 4.78 is 0. The van der Waals surface area contributed by atoms with Crippen LogP contribution in [0.2, 0.25) is 0 Å². The zero-order valence-corrected chi connectivity index (χ0v) is 3.60. The molecule has 0 aromatic rings. The Morgan fingerprint density at radius 2 is 1.20 bits per heavy atom. The van der Waals surface area contributed by atoms with E-state index in [2.05, 4.69) is 13.8 Å². The molecule has 0 aliphatic rings. The van der Waals surface area contributed by atoms with Gasteiger partial charge < -0.3 is 0 Å². The number of hydrogen-bond acceptors (Lipinski definition) is 2. The fraction of sp³-hybridized carbons (Fsp3) is 1.00. The van der Waals surface area contributed by atoms with Gasteiger partial charge in [-0.1, -0.05) is 20.3 Å². The molecule has 0 aliphatic carbocycles. The smallest absolute Gasteiger partial charge is 0 e. The van der Waals surface area contributed by atoms with Crippen LogP contribution in [0.15, 0.2) is 0 Å². The van der Waals surface area contributed by atoms with Crippen LogP contribution in [0.5, 0.6) is 0 Å². The normalized spacial score (nSPS) is 4.00.